The summed E-state index contributed by atoms with van der Waals surface area (Å²) in [5.74, 6) is -2.62. The number of benzene rings is 1. The number of hydrogen-bond donors (Lipinski definition) is 1. The quantitative estimate of drug-likeness (QED) is 0.253. The number of nitrogens with two attached hydrogens (primary N) is 1. The molecule has 1 aromatic carbocycles. The molecular formula is C30H23ClF3N9O3. The molecule has 234 valence electrons. The van der Waals surface area contributed by atoms with Gasteiger partial charge in [-0.25, -0.2) is 34.0 Å². The first kappa shape index (κ1) is 29.5. The molecule has 12 nitrogen and oxygen atoms in total. The standard InChI is InChI=1S/C30H23ClF3N9O3/c1-14(27-38-10-18(32)11-39-27)43-28-19(12-40-43)24(25(26(35)44)20(41-28)6-15-2-3-15)16-4-5-21-22(7-16)46-30(33,34)29(45)42(21)13-23-36-8-17(31)9-37-23/h4-5,7-12,14-15H,2-3,6,13H2,1H3,(H2,35,44). The summed E-state index contributed by atoms with van der Waals surface area (Å²) in [4.78, 5) is 47.6. The van der Waals surface area contributed by atoms with Gasteiger partial charge < -0.3 is 10.5 Å². The third kappa shape index (κ3) is 5.25. The van der Waals surface area contributed by atoms with Crippen LogP contribution in [0.2, 0.25) is 5.02 Å². The number of aromatic nitrogens is 7. The Morgan fingerprint density at radius 1 is 1.13 bits per heavy atom. The van der Waals surface area contributed by atoms with Gasteiger partial charge in [0.15, 0.2) is 23.0 Å². The van der Waals surface area contributed by atoms with Gasteiger partial charge in [0.2, 0.25) is 0 Å². The number of halogens is 4. The highest BCUT2D eigenvalue weighted by Crippen LogP contribution is 2.45. The van der Waals surface area contributed by atoms with Crippen molar-refractivity contribution in [2.45, 2.75) is 44.9 Å². The number of pyridine rings is 1. The summed E-state index contributed by atoms with van der Waals surface area (Å²) in [6.45, 7) is 1.38. The van der Waals surface area contributed by atoms with E-state index in [0.717, 1.165) is 30.1 Å². The van der Waals surface area contributed by atoms with Crippen LogP contribution in [0.1, 0.15) is 53.5 Å². The number of anilines is 1. The van der Waals surface area contributed by atoms with Crippen molar-refractivity contribution in [1.82, 2.24) is 34.7 Å². The number of primary amides is 1. The predicted octanol–water partition coefficient (Wildman–Crippen LogP) is 4.65. The van der Waals surface area contributed by atoms with Gasteiger partial charge in [-0.1, -0.05) is 17.7 Å². The van der Waals surface area contributed by atoms with Gasteiger partial charge >= 0.3 is 12.0 Å². The van der Waals surface area contributed by atoms with Gasteiger partial charge in [0.25, 0.3) is 5.91 Å². The first-order valence-corrected chi connectivity index (χ1v) is 14.5. The Morgan fingerprint density at radius 3 is 2.52 bits per heavy atom. The number of rotatable bonds is 8. The van der Waals surface area contributed by atoms with Crippen molar-refractivity contribution >= 4 is 40.1 Å². The van der Waals surface area contributed by atoms with E-state index < -0.39 is 29.8 Å². The Kier molecular flexibility index (Phi) is 7.07. The van der Waals surface area contributed by atoms with Crippen molar-refractivity contribution in [3.63, 3.8) is 0 Å². The van der Waals surface area contributed by atoms with E-state index in [1.807, 2.05) is 0 Å². The zero-order valence-electron chi connectivity index (χ0n) is 24.0. The highest BCUT2D eigenvalue weighted by molar-refractivity contribution is 6.30. The van der Waals surface area contributed by atoms with Crippen molar-refractivity contribution in [3.05, 3.63) is 82.9 Å². The normalized spacial score (nSPS) is 16.3. The van der Waals surface area contributed by atoms with Crippen molar-refractivity contribution in [2.24, 2.45) is 11.7 Å². The van der Waals surface area contributed by atoms with E-state index >= 15 is 0 Å². The summed E-state index contributed by atoms with van der Waals surface area (Å²) >= 11 is 5.85. The molecule has 5 aromatic rings. The lowest BCUT2D eigenvalue weighted by molar-refractivity contribution is -0.193. The lowest BCUT2D eigenvalue weighted by Crippen LogP contribution is -2.50. The van der Waals surface area contributed by atoms with Crippen molar-refractivity contribution in [2.75, 3.05) is 4.90 Å². The Bertz CT molecular complexity index is 2020. The summed E-state index contributed by atoms with van der Waals surface area (Å²) in [6, 6.07) is 3.73. The molecule has 0 radical (unpaired) electrons. The Morgan fingerprint density at radius 2 is 1.85 bits per heavy atom. The van der Waals surface area contributed by atoms with Crippen molar-refractivity contribution < 1.29 is 27.5 Å². The molecule has 1 fully saturated rings. The highest BCUT2D eigenvalue weighted by atomic mass is 35.5. The summed E-state index contributed by atoms with van der Waals surface area (Å²) in [6.07, 6.45) is 4.31. The van der Waals surface area contributed by atoms with Gasteiger partial charge in [0, 0.05) is 23.3 Å². The zero-order valence-corrected chi connectivity index (χ0v) is 24.7. The molecule has 1 saturated carbocycles. The van der Waals surface area contributed by atoms with E-state index in [1.165, 1.54) is 30.7 Å². The van der Waals surface area contributed by atoms with Crippen LogP contribution in [0.25, 0.3) is 22.2 Å². The number of fused-ring (bicyclic) bond motifs is 2. The number of carbonyl (C=O) groups is 2. The maximum atomic E-state index is 15.0. The van der Waals surface area contributed by atoms with Gasteiger partial charge in [-0.15, -0.1) is 0 Å². The Balaban J connectivity index is 1.39. The van der Waals surface area contributed by atoms with Gasteiger partial charge in [0.1, 0.15) is 11.9 Å². The lowest BCUT2D eigenvalue weighted by Gasteiger charge is -2.33. The molecule has 0 bridgehead atoms. The number of amides is 2. The van der Waals surface area contributed by atoms with Crippen LogP contribution < -0.4 is 15.4 Å². The molecular weight excluding hydrogens is 627 g/mol. The molecule has 0 spiro atoms. The van der Waals surface area contributed by atoms with Crippen molar-refractivity contribution in [3.8, 4) is 16.9 Å². The second-order valence-electron chi connectivity index (χ2n) is 11.1. The molecule has 4 aromatic heterocycles. The molecule has 2 aliphatic rings. The number of ether oxygens (including phenoxy) is 1. The summed E-state index contributed by atoms with van der Waals surface area (Å²) in [5, 5.41) is 5.14. The summed E-state index contributed by atoms with van der Waals surface area (Å²) < 4.78 is 49.9. The molecule has 7 rings (SSSR count). The maximum absolute atomic E-state index is 15.0. The van der Waals surface area contributed by atoms with E-state index in [1.54, 1.807) is 17.7 Å². The van der Waals surface area contributed by atoms with Crippen LogP contribution >= 0.6 is 11.6 Å². The minimum atomic E-state index is -4.20. The monoisotopic (exact) mass is 649 g/mol. The molecule has 1 aliphatic carbocycles. The fourth-order valence-corrected chi connectivity index (χ4v) is 5.58. The van der Waals surface area contributed by atoms with Gasteiger partial charge in [-0.2, -0.15) is 13.9 Å². The Labute approximate surface area is 263 Å². The minimum Gasteiger partial charge on any atom is -0.423 e. The van der Waals surface area contributed by atoms with Crippen LogP contribution in [0, 0.1) is 11.7 Å². The first-order valence-electron chi connectivity index (χ1n) is 14.2. The number of hydrogen-bond acceptors (Lipinski definition) is 9. The third-order valence-electron chi connectivity index (χ3n) is 7.87. The van der Waals surface area contributed by atoms with Crippen LogP contribution in [-0.4, -0.2) is 52.6 Å². The average Bonchev–Trinajstić information content (AvgIpc) is 3.74. The summed E-state index contributed by atoms with van der Waals surface area (Å²) in [7, 11) is 0. The second-order valence-corrected chi connectivity index (χ2v) is 11.5. The van der Waals surface area contributed by atoms with Crippen LogP contribution in [0.3, 0.4) is 0 Å². The molecule has 16 heteroatoms. The molecule has 1 unspecified atom stereocenters. The predicted molar refractivity (Wildman–Crippen MR) is 158 cm³/mol. The van der Waals surface area contributed by atoms with Gasteiger partial charge in [-0.3, -0.25) is 14.5 Å². The lowest BCUT2D eigenvalue weighted by atomic mass is 9.93. The number of carbonyl (C=O) groups excluding carboxylic acids is 2. The highest BCUT2D eigenvalue weighted by Gasteiger charge is 2.51. The number of alkyl halides is 2. The van der Waals surface area contributed by atoms with Gasteiger partial charge in [0.05, 0.1) is 47.1 Å². The van der Waals surface area contributed by atoms with Crippen LogP contribution in [0.5, 0.6) is 5.75 Å². The van der Waals surface area contributed by atoms with Crippen molar-refractivity contribution in [1.29, 1.82) is 0 Å². The molecule has 2 N–H and O–H groups in total. The zero-order chi connectivity index (χ0) is 32.3. The van der Waals surface area contributed by atoms with Crippen LogP contribution in [-0.2, 0) is 17.8 Å². The van der Waals surface area contributed by atoms with Crippen LogP contribution in [0.4, 0.5) is 18.9 Å². The first-order chi connectivity index (χ1) is 22.0. The molecule has 1 aliphatic heterocycles. The molecule has 0 saturated heterocycles. The smallest absolute Gasteiger partial charge is 0.423 e. The molecule has 1 atom stereocenters. The fourth-order valence-electron chi connectivity index (χ4n) is 5.49. The van der Waals surface area contributed by atoms with Crippen LogP contribution in [0.15, 0.2) is 49.2 Å². The van der Waals surface area contributed by atoms with E-state index in [9.17, 15) is 22.8 Å². The molecule has 46 heavy (non-hydrogen) atoms. The van der Waals surface area contributed by atoms with Gasteiger partial charge in [-0.05, 0) is 49.8 Å². The third-order valence-corrected chi connectivity index (χ3v) is 8.06. The van der Waals surface area contributed by atoms with E-state index in [2.05, 4.69) is 25.0 Å². The SMILES string of the molecule is CC(c1ncc(F)cn1)n1ncc2c(-c3ccc4c(c3)OC(F)(F)C(=O)N4Cc3ncc(Cl)cn3)c(C(N)=O)c(CC3CC3)nc21. The molecule has 2 amide bonds. The average molecular weight is 650 g/mol. The van der Waals surface area contributed by atoms with E-state index in [0.29, 0.717) is 40.2 Å². The number of nitrogens with zero attached hydrogens (tertiary/aromatic N) is 8. The fraction of sp³-hybridized carbons (Fsp3) is 0.267. The van der Waals surface area contributed by atoms with E-state index in [4.69, 9.17) is 27.1 Å². The topological polar surface area (TPSA) is 155 Å². The summed E-state index contributed by atoms with van der Waals surface area (Å²) in [5.41, 5.74) is 7.50. The Hall–Kier alpha value is -5.18. The minimum absolute atomic E-state index is 0.0418. The maximum Gasteiger partial charge on any atom is 0.482 e. The molecule has 5 heterocycles. The largest absolute Gasteiger partial charge is 0.482 e. The second kappa shape index (κ2) is 11.0. The van der Waals surface area contributed by atoms with E-state index in [-0.39, 0.29) is 40.2 Å².